The molecule has 0 aliphatic carbocycles. The lowest BCUT2D eigenvalue weighted by atomic mass is 9.86. The van der Waals surface area contributed by atoms with E-state index in [2.05, 4.69) is 15.0 Å². The molecule has 7 nitrogen and oxygen atoms in total. The monoisotopic (exact) mass is 504 g/mol. The molecule has 0 fully saturated rings. The van der Waals surface area contributed by atoms with Gasteiger partial charge in [0.05, 0.1) is 12.7 Å². The Labute approximate surface area is 219 Å². The number of rotatable bonds is 7. The second-order valence-electron chi connectivity index (χ2n) is 8.61. The number of fused-ring (bicyclic) bond motifs is 2. The van der Waals surface area contributed by atoms with Crippen molar-refractivity contribution in [3.05, 3.63) is 114 Å². The van der Waals surface area contributed by atoms with Crippen molar-refractivity contribution in [1.82, 2.24) is 10.3 Å². The van der Waals surface area contributed by atoms with Crippen LogP contribution in [0.3, 0.4) is 0 Å². The number of benzene rings is 4. The van der Waals surface area contributed by atoms with E-state index in [1.54, 1.807) is 24.5 Å². The van der Waals surface area contributed by atoms with Crippen molar-refractivity contribution in [1.29, 1.82) is 0 Å². The molecule has 1 heterocycles. The number of nitrogens with one attached hydrogen (secondary N) is 1. The first kappa shape index (κ1) is 24.6. The zero-order chi connectivity index (χ0) is 26.5. The molecule has 0 saturated heterocycles. The van der Waals surface area contributed by atoms with Gasteiger partial charge in [-0.1, -0.05) is 66.7 Å². The summed E-state index contributed by atoms with van der Waals surface area (Å²) in [5, 5.41) is 6.36. The number of nitrogens with zero attached hydrogens (tertiary/aromatic N) is 1. The average molecular weight is 505 g/mol. The minimum absolute atomic E-state index is 0.241. The Morgan fingerprint density at radius 1 is 0.763 bits per heavy atom. The average Bonchev–Trinajstić information content (AvgIpc) is 2.97. The van der Waals surface area contributed by atoms with Crippen molar-refractivity contribution in [2.24, 2.45) is 0 Å². The molecular formula is C31H24N2O5. The van der Waals surface area contributed by atoms with Gasteiger partial charge in [0.25, 0.3) is 5.91 Å². The molecule has 1 aromatic heterocycles. The standard InChI is InChI=1S/C31H24N2O5/c1-37-27(34)19-38-31(36)26-15-13-22-9-3-5-11-24(22)29(26)28-23-10-4-2-8-21(23)12-14-25(28)30(35)33-18-20-7-6-16-32-17-20/h2-17H,18-19H2,1H3,(H,33,35). The molecule has 0 aliphatic rings. The predicted molar refractivity (Wildman–Crippen MR) is 145 cm³/mol. The zero-order valence-electron chi connectivity index (χ0n) is 20.6. The van der Waals surface area contributed by atoms with Gasteiger partial charge < -0.3 is 14.8 Å². The first-order valence-corrected chi connectivity index (χ1v) is 12.0. The van der Waals surface area contributed by atoms with Crippen molar-refractivity contribution in [2.45, 2.75) is 6.54 Å². The van der Waals surface area contributed by atoms with Gasteiger partial charge in [0.15, 0.2) is 6.61 Å². The number of esters is 2. The van der Waals surface area contributed by atoms with Gasteiger partial charge in [-0.3, -0.25) is 9.78 Å². The van der Waals surface area contributed by atoms with E-state index < -0.39 is 18.5 Å². The molecule has 0 aliphatic heterocycles. The highest BCUT2D eigenvalue weighted by atomic mass is 16.6. The van der Waals surface area contributed by atoms with Crippen LogP contribution in [0.2, 0.25) is 0 Å². The van der Waals surface area contributed by atoms with E-state index in [-0.39, 0.29) is 11.5 Å². The number of hydrogen-bond donors (Lipinski definition) is 1. The van der Waals surface area contributed by atoms with Gasteiger partial charge in [0.2, 0.25) is 0 Å². The summed E-state index contributed by atoms with van der Waals surface area (Å²) >= 11 is 0. The fraction of sp³-hybridized carbons (Fsp3) is 0.0968. The zero-order valence-corrected chi connectivity index (χ0v) is 20.6. The van der Waals surface area contributed by atoms with Crippen molar-refractivity contribution >= 4 is 39.4 Å². The highest BCUT2D eigenvalue weighted by Gasteiger charge is 2.24. The summed E-state index contributed by atoms with van der Waals surface area (Å²) in [4.78, 5) is 42.7. The third kappa shape index (κ3) is 4.95. The summed E-state index contributed by atoms with van der Waals surface area (Å²) in [6.07, 6.45) is 3.37. The van der Waals surface area contributed by atoms with E-state index >= 15 is 0 Å². The van der Waals surface area contributed by atoms with Crippen molar-refractivity contribution in [3.8, 4) is 11.1 Å². The first-order valence-electron chi connectivity index (χ1n) is 12.0. The van der Waals surface area contributed by atoms with Gasteiger partial charge in [-0.25, -0.2) is 9.59 Å². The number of aromatic nitrogens is 1. The smallest absolute Gasteiger partial charge is 0.344 e. The molecule has 0 atom stereocenters. The lowest BCUT2D eigenvalue weighted by Gasteiger charge is -2.18. The summed E-state index contributed by atoms with van der Waals surface area (Å²) in [5.74, 6) is -1.65. The van der Waals surface area contributed by atoms with Crippen LogP contribution in [-0.4, -0.2) is 36.5 Å². The Bertz CT molecular complexity index is 1660. The van der Waals surface area contributed by atoms with Gasteiger partial charge in [0.1, 0.15) is 0 Å². The molecule has 0 saturated carbocycles. The van der Waals surface area contributed by atoms with E-state index in [4.69, 9.17) is 4.74 Å². The van der Waals surface area contributed by atoms with Gasteiger partial charge >= 0.3 is 11.9 Å². The van der Waals surface area contributed by atoms with Crippen LogP contribution in [0.25, 0.3) is 32.7 Å². The van der Waals surface area contributed by atoms with Gasteiger partial charge in [-0.05, 0) is 45.3 Å². The molecule has 0 bridgehead atoms. The van der Waals surface area contributed by atoms with Crippen molar-refractivity contribution in [2.75, 3.05) is 13.7 Å². The van der Waals surface area contributed by atoms with Crippen LogP contribution in [0, 0.1) is 0 Å². The summed E-state index contributed by atoms with van der Waals surface area (Å²) in [5.41, 5.74) is 2.67. The van der Waals surface area contributed by atoms with Crippen molar-refractivity contribution < 1.29 is 23.9 Å². The van der Waals surface area contributed by atoms with E-state index in [1.807, 2.05) is 72.8 Å². The van der Waals surface area contributed by atoms with E-state index in [1.165, 1.54) is 7.11 Å². The van der Waals surface area contributed by atoms with E-state index in [9.17, 15) is 14.4 Å². The lowest BCUT2D eigenvalue weighted by Crippen LogP contribution is -2.24. The largest absolute Gasteiger partial charge is 0.466 e. The van der Waals surface area contributed by atoms with Crippen LogP contribution < -0.4 is 5.32 Å². The number of methoxy groups -OCH3 is 1. The van der Waals surface area contributed by atoms with Gasteiger partial charge in [0, 0.05) is 35.6 Å². The van der Waals surface area contributed by atoms with Crippen LogP contribution in [0.5, 0.6) is 0 Å². The number of hydrogen-bond acceptors (Lipinski definition) is 6. The molecule has 0 unspecified atom stereocenters. The number of carbonyl (C=O) groups excluding carboxylic acids is 3. The maximum Gasteiger partial charge on any atom is 0.344 e. The molecule has 7 heteroatoms. The molecule has 0 radical (unpaired) electrons. The number of pyridine rings is 1. The van der Waals surface area contributed by atoms with Gasteiger partial charge in [-0.2, -0.15) is 0 Å². The summed E-state index contributed by atoms with van der Waals surface area (Å²) in [6.45, 7) is -0.224. The van der Waals surface area contributed by atoms with E-state index in [0.717, 1.165) is 27.1 Å². The highest BCUT2D eigenvalue weighted by molar-refractivity contribution is 6.18. The molecule has 188 valence electrons. The molecular weight excluding hydrogens is 480 g/mol. The quantitative estimate of drug-likeness (QED) is 0.302. The summed E-state index contributed by atoms with van der Waals surface area (Å²) in [7, 11) is 1.23. The minimum atomic E-state index is -0.689. The lowest BCUT2D eigenvalue weighted by molar-refractivity contribution is -0.144. The highest BCUT2D eigenvalue weighted by Crippen LogP contribution is 2.39. The summed E-state index contributed by atoms with van der Waals surface area (Å²) in [6, 6.07) is 26.2. The third-order valence-electron chi connectivity index (χ3n) is 6.30. The number of amides is 1. The Kier molecular flexibility index (Phi) is 7.08. The predicted octanol–water partition coefficient (Wildman–Crippen LogP) is 5.31. The molecule has 0 spiro atoms. The fourth-order valence-corrected chi connectivity index (χ4v) is 4.48. The molecule has 4 aromatic carbocycles. The van der Waals surface area contributed by atoms with Crippen LogP contribution >= 0.6 is 0 Å². The minimum Gasteiger partial charge on any atom is -0.466 e. The Morgan fingerprint density at radius 3 is 2.03 bits per heavy atom. The summed E-state index contributed by atoms with van der Waals surface area (Å²) < 4.78 is 9.91. The molecule has 5 aromatic rings. The van der Waals surface area contributed by atoms with Gasteiger partial charge in [-0.15, -0.1) is 0 Å². The van der Waals surface area contributed by atoms with Crippen LogP contribution in [0.4, 0.5) is 0 Å². The Morgan fingerprint density at radius 2 is 1.39 bits per heavy atom. The maximum absolute atomic E-state index is 13.6. The Hall–Kier alpha value is -5.04. The van der Waals surface area contributed by atoms with Crippen molar-refractivity contribution in [3.63, 3.8) is 0 Å². The van der Waals surface area contributed by atoms with E-state index in [0.29, 0.717) is 23.2 Å². The normalized spacial score (nSPS) is 10.8. The first-order chi connectivity index (χ1) is 18.6. The topological polar surface area (TPSA) is 94.6 Å². The van der Waals surface area contributed by atoms with Crippen LogP contribution in [0.15, 0.2) is 97.3 Å². The number of carbonyl (C=O) groups is 3. The number of ether oxygens (including phenoxy) is 2. The van der Waals surface area contributed by atoms with Crippen LogP contribution in [0.1, 0.15) is 26.3 Å². The fourth-order valence-electron chi connectivity index (χ4n) is 4.48. The second kappa shape index (κ2) is 10.9. The molecule has 5 rings (SSSR count). The molecule has 1 N–H and O–H groups in total. The SMILES string of the molecule is COC(=O)COC(=O)c1ccc2ccccc2c1-c1c(C(=O)NCc2cccnc2)ccc2ccccc12. The molecule has 38 heavy (non-hydrogen) atoms. The Balaban J connectivity index is 1.70. The second-order valence-corrected chi connectivity index (χ2v) is 8.61. The maximum atomic E-state index is 13.6. The molecule has 1 amide bonds. The van der Waals surface area contributed by atoms with Crippen LogP contribution in [-0.2, 0) is 20.8 Å². The third-order valence-corrected chi connectivity index (χ3v) is 6.30.